The van der Waals surface area contributed by atoms with Crippen LogP contribution >= 0.6 is 0 Å². The molecule has 0 heterocycles. The number of ether oxygens (including phenoxy) is 1. The van der Waals surface area contributed by atoms with Gasteiger partial charge >= 0.3 is 0 Å². The fourth-order valence-corrected chi connectivity index (χ4v) is 7.87. The molecule has 178 valence electrons. The lowest BCUT2D eigenvalue weighted by atomic mass is 9.52. The maximum absolute atomic E-state index is 11.5. The number of fused-ring (bicyclic) bond motifs is 7. The van der Waals surface area contributed by atoms with Gasteiger partial charge < -0.3 is 9.84 Å². The van der Waals surface area contributed by atoms with Crippen LogP contribution in [0.25, 0.3) is 33.0 Å². The highest BCUT2D eigenvalue weighted by atomic mass is 16.5. The van der Waals surface area contributed by atoms with Gasteiger partial charge in [-0.15, -0.1) is 0 Å². The maximum atomic E-state index is 11.5. The van der Waals surface area contributed by atoms with E-state index >= 15 is 0 Å². The predicted octanol–water partition coefficient (Wildman–Crippen LogP) is 8.72. The molecule has 0 atom stereocenters. The van der Waals surface area contributed by atoms with Crippen molar-refractivity contribution in [3.05, 3.63) is 83.9 Å². The van der Waals surface area contributed by atoms with E-state index in [1.165, 1.54) is 28.7 Å². The van der Waals surface area contributed by atoms with Gasteiger partial charge in [0.05, 0.1) is 7.11 Å². The SMILES string of the molecule is COc1cc2c3c(cc(O)c2cc1-c1ccccc1)C1(CC(C)(C)CC(C)(C)C1)c1ccccc1-3. The highest BCUT2D eigenvalue weighted by Crippen LogP contribution is 2.65. The topological polar surface area (TPSA) is 29.5 Å². The quantitative estimate of drug-likeness (QED) is 0.323. The van der Waals surface area contributed by atoms with Gasteiger partial charge in [0.2, 0.25) is 0 Å². The molecule has 0 aromatic heterocycles. The van der Waals surface area contributed by atoms with Crippen molar-refractivity contribution in [3.63, 3.8) is 0 Å². The Kier molecular flexibility index (Phi) is 4.68. The second-order valence-corrected chi connectivity index (χ2v) is 12.3. The van der Waals surface area contributed by atoms with E-state index in [2.05, 4.69) is 82.3 Å². The van der Waals surface area contributed by atoms with Gasteiger partial charge in [-0.05, 0) is 81.5 Å². The summed E-state index contributed by atoms with van der Waals surface area (Å²) >= 11 is 0. The van der Waals surface area contributed by atoms with Gasteiger partial charge in [-0.3, -0.25) is 0 Å². The van der Waals surface area contributed by atoms with Gasteiger partial charge in [-0.2, -0.15) is 0 Å². The molecule has 1 fully saturated rings. The summed E-state index contributed by atoms with van der Waals surface area (Å²) in [5.41, 5.74) is 7.64. The van der Waals surface area contributed by atoms with Crippen molar-refractivity contribution in [2.24, 2.45) is 10.8 Å². The van der Waals surface area contributed by atoms with Crippen molar-refractivity contribution in [3.8, 4) is 33.8 Å². The second-order valence-electron chi connectivity index (χ2n) is 12.3. The fraction of sp³-hybridized carbons (Fsp3) is 0.333. The number of hydrogen-bond acceptors (Lipinski definition) is 2. The molecule has 6 rings (SSSR count). The Morgan fingerprint density at radius 1 is 0.686 bits per heavy atom. The molecule has 1 saturated carbocycles. The van der Waals surface area contributed by atoms with Crippen LogP contribution in [0.1, 0.15) is 58.1 Å². The highest BCUT2D eigenvalue weighted by Gasteiger charge is 2.53. The molecular weight excluding hydrogens is 428 g/mol. The number of phenols is 1. The Morgan fingerprint density at radius 3 is 2.03 bits per heavy atom. The standard InChI is InChI=1S/C33H34O2/c1-31(2)18-32(3,4)20-33(19-31)26-14-10-9-13-22(26)30-25-16-29(35-5)23(21-11-7-6-8-12-21)15-24(25)28(34)17-27(30)33/h6-17,34H,18-20H2,1-5H3. The van der Waals surface area contributed by atoms with Crippen molar-refractivity contribution in [1.82, 2.24) is 0 Å². The van der Waals surface area contributed by atoms with Crippen LogP contribution in [-0.2, 0) is 5.41 Å². The van der Waals surface area contributed by atoms with E-state index in [4.69, 9.17) is 4.74 Å². The molecule has 0 amide bonds. The van der Waals surface area contributed by atoms with Crippen LogP contribution in [0.2, 0.25) is 0 Å². The fourth-order valence-electron chi connectivity index (χ4n) is 7.87. The molecule has 0 aliphatic heterocycles. The summed E-state index contributed by atoms with van der Waals surface area (Å²) in [7, 11) is 1.73. The number of benzene rings is 4. The number of rotatable bonds is 2. The van der Waals surface area contributed by atoms with Crippen LogP contribution in [-0.4, -0.2) is 12.2 Å². The van der Waals surface area contributed by atoms with Crippen molar-refractivity contribution >= 4 is 10.8 Å². The number of phenolic OH excluding ortho intramolecular Hbond substituents is 1. The Bertz CT molecular complexity index is 1440. The molecule has 1 spiro atoms. The van der Waals surface area contributed by atoms with E-state index in [0.717, 1.165) is 40.5 Å². The largest absolute Gasteiger partial charge is 0.507 e. The minimum Gasteiger partial charge on any atom is -0.507 e. The van der Waals surface area contributed by atoms with Crippen molar-refractivity contribution in [2.45, 2.75) is 52.4 Å². The molecule has 2 aliphatic rings. The zero-order valence-electron chi connectivity index (χ0n) is 21.4. The highest BCUT2D eigenvalue weighted by molar-refractivity contribution is 6.07. The third kappa shape index (κ3) is 3.30. The van der Waals surface area contributed by atoms with E-state index in [9.17, 15) is 5.11 Å². The molecule has 1 N–H and O–H groups in total. The van der Waals surface area contributed by atoms with Crippen LogP contribution in [0, 0.1) is 10.8 Å². The maximum Gasteiger partial charge on any atom is 0.127 e. The van der Waals surface area contributed by atoms with E-state index < -0.39 is 0 Å². The Labute approximate surface area is 208 Å². The van der Waals surface area contributed by atoms with Gasteiger partial charge in [0, 0.05) is 16.4 Å². The molecule has 35 heavy (non-hydrogen) atoms. The first kappa shape index (κ1) is 22.2. The second kappa shape index (κ2) is 7.37. The lowest BCUT2D eigenvalue weighted by molar-refractivity contribution is 0.0645. The Balaban J connectivity index is 1.69. The lowest BCUT2D eigenvalue weighted by Crippen LogP contribution is -2.43. The molecule has 0 bridgehead atoms. The van der Waals surface area contributed by atoms with Crippen LogP contribution in [0.4, 0.5) is 0 Å². The van der Waals surface area contributed by atoms with E-state index in [-0.39, 0.29) is 16.2 Å². The summed E-state index contributed by atoms with van der Waals surface area (Å²) in [4.78, 5) is 0. The third-order valence-corrected chi connectivity index (χ3v) is 8.27. The van der Waals surface area contributed by atoms with Crippen LogP contribution in [0.3, 0.4) is 0 Å². The lowest BCUT2D eigenvalue weighted by Gasteiger charge is -2.51. The molecule has 0 radical (unpaired) electrons. The number of hydrogen-bond donors (Lipinski definition) is 1. The molecule has 2 nitrogen and oxygen atoms in total. The third-order valence-electron chi connectivity index (χ3n) is 8.27. The van der Waals surface area contributed by atoms with E-state index in [1.807, 2.05) is 18.2 Å². The molecule has 0 saturated heterocycles. The van der Waals surface area contributed by atoms with Crippen molar-refractivity contribution in [1.29, 1.82) is 0 Å². The summed E-state index contributed by atoms with van der Waals surface area (Å²) in [6.45, 7) is 9.64. The first-order valence-corrected chi connectivity index (χ1v) is 12.7. The first-order valence-electron chi connectivity index (χ1n) is 12.7. The van der Waals surface area contributed by atoms with Gasteiger partial charge in [-0.1, -0.05) is 82.3 Å². The summed E-state index contributed by atoms with van der Waals surface area (Å²) < 4.78 is 5.92. The van der Waals surface area contributed by atoms with Crippen LogP contribution in [0.15, 0.2) is 72.8 Å². The normalized spacial score (nSPS) is 18.9. The Morgan fingerprint density at radius 2 is 1.34 bits per heavy atom. The number of aromatic hydroxyl groups is 1. The minimum atomic E-state index is -0.103. The zero-order valence-corrected chi connectivity index (χ0v) is 21.4. The monoisotopic (exact) mass is 462 g/mol. The summed E-state index contributed by atoms with van der Waals surface area (Å²) in [5, 5.41) is 13.4. The van der Waals surface area contributed by atoms with Gasteiger partial charge in [-0.25, -0.2) is 0 Å². The Hall–Kier alpha value is -3.26. The van der Waals surface area contributed by atoms with Crippen LogP contribution < -0.4 is 4.74 Å². The first-order chi connectivity index (χ1) is 16.6. The summed E-state index contributed by atoms with van der Waals surface area (Å²) in [5.74, 6) is 1.19. The van der Waals surface area contributed by atoms with Gasteiger partial charge in [0.1, 0.15) is 11.5 Å². The summed E-state index contributed by atoms with van der Waals surface area (Å²) in [6.07, 6.45) is 3.36. The summed E-state index contributed by atoms with van der Waals surface area (Å²) in [6, 6.07) is 25.5. The molecular formula is C33H34O2. The van der Waals surface area contributed by atoms with Crippen molar-refractivity contribution in [2.75, 3.05) is 7.11 Å². The average Bonchev–Trinajstić information content (AvgIpc) is 3.05. The predicted molar refractivity (Wildman–Crippen MR) is 145 cm³/mol. The smallest absolute Gasteiger partial charge is 0.127 e. The number of methoxy groups -OCH3 is 1. The van der Waals surface area contributed by atoms with Crippen LogP contribution in [0.5, 0.6) is 11.5 Å². The van der Waals surface area contributed by atoms with E-state index in [0.29, 0.717) is 5.75 Å². The molecule has 0 unspecified atom stereocenters. The molecule has 2 aliphatic carbocycles. The minimum absolute atomic E-state index is 0.103. The van der Waals surface area contributed by atoms with E-state index in [1.54, 1.807) is 7.11 Å². The zero-order chi connectivity index (χ0) is 24.6. The van der Waals surface area contributed by atoms with Gasteiger partial charge in [0.15, 0.2) is 0 Å². The molecule has 4 aromatic carbocycles. The van der Waals surface area contributed by atoms with Gasteiger partial charge in [0.25, 0.3) is 0 Å². The average molecular weight is 463 g/mol. The van der Waals surface area contributed by atoms with Crippen molar-refractivity contribution < 1.29 is 9.84 Å². The molecule has 4 aromatic rings. The molecule has 2 heteroatoms.